The van der Waals surface area contributed by atoms with E-state index in [1.54, 1.807) is 59.5 Å². The number of unbranched alkanes of at least 4 members (excludes halogenated alkanes) is 4. The van der Waals surface area contributed by atoms with E-state index in [0.717, 1.165) is 115 Å². The highest BCUT2D eigenvalue weighted by atomic mass is 31.2. The van der Waals surface area contributed by atoms with Crippen molar-refractivity contribution in [1.82, 2.24) is 5.32 Å². The summed E-state index contributed by atoms with van der Waals surface area (Å²) in [5.41, 5.74) is 1.26. The van der Waals surface area contributed by atoms with Gasteiger partial charge in [0.05, 0.1) is 23.9 Å². The summed E-state index contributed by atoms with van der Waals surface area (Å²) in [7, 11) is -4.93. The second-order valence-corrected chi connectivity index (χ2v) is 24.2. The lowest BCUT2D eigenvalue weighted by atomic mass is 9.46. The monoisotopic (exact) mass is 1080 g/mol. The van der Waals surface area contributed by atoms with Crippen LogP contribution in [0.2, 0.25) is 0 Å². The molecule has 5 aliphatic carbocycles. The zero-order valence-electron chi connectivity index (χ0n) is 44.8. The van der Waals surface area contributed by atoms with E-state index in [-0.39, 0.29) is 54.1 Å². The van der Waals surface area contributed by atoms with Crippen molar-refractivity contribution >= 4 is 31.4 Å². The first-order valence-electron chi connectivity index (χ1n) is 28.3. The van der Waals surface area contributed by atoms with Crippen LogP contribution in [-0.2, 0) is 50.9 Å². The summed E-state index contributed by atoms with van der Waals surface area (Å²) in [5, 5.41) is 26.7. The summed E-state index contributed by atoms with van der Waals surface area (Å²) in [6, 6.07) is 18.7. The van der Waals surface area contributed by atoms with Crippen LogP contribution in [0.15, 0.2) is 103 Å². The Hall–Kier alpha value is -4.67. The van der Waals surface area contributed by atoms with Gasteiger partial charge >= 0.3 is 13.8 Å². The zero-order chi connectivity index (χ0) is 54.2. The van der Waals surface area contributed by atoms with E-state index >= 15 is 0 Å². The highest BCUT2D eigenvalue weighted by Gasteiger charge is 2.76. The molecule has 0 spiro atoms. The standard InChI is InChI=1S/C61H79N2O13P/c1-59-29-28-48(64)35-47(59)24-25-49-50-36-55-61(60(50,2)37-51(65)57(49)59,75-58(74-55)44-20-9-6-10-21-44)54(67)41-73-56(68)27-22-43-19-15-31-63(39-43)40-46-34-45(23-26-53(46)76-77(69,70)71)52(66)38-62-30-12-3-4-13-32-72-33-14-11-18-42-16-7-5-8-17-42/h5,7-8,15-17,19,22-23,26-29,31,34-35,39,44,49-52,55,57-58,62,65-66H,3-4,6,9-14,18,20-21,24-25,30,32-33,36-38,40-41H2,1-2H3,(H-,69,70,71)/p+1/b27-22+/t49-,50-,51-,52?,55+,57+,58+,59-,60-,61+/m0/s1. The maximum atomic E-state index is 15.0. The normalized spacial score (nSPS) is 29.3. The predicted octanol–water partition coefficient (Wildman–Crippen LogP) is 8.79. The number of aryl methyl sites for hydroxylation is 1. The number of carbonyl (C=O) groups is 3. The fourth-order valence-electron chi connectivity index (χ4n) is 14.2. The van der Waals surface area contributed by atoms with Gasteiger partial charge < -0.3 is 39.0 Å². The van der Waals surface area contributed by atoms with Crippen molar-refractivity contribution < 1.29 is 67.0 Å². The van der Waals surface area contributed by atoms with Gasteiger partial charge in [0.15, 0.2) is 43.2 Å². The molecule has 1 unspecified atom stereocenters. The molecule has 6 aliphatic rings. The van der Waals surface area contributed by atoms with Crippen molar-refractivity contribution in [3.05, 3.63) is 125 Å². The number of phosphoric ester groups is 1. The number of rotatable bonds is 25. The maximum absolute atomic E-state index is 15.0. The van der Waals surface area contributed by atoms with Crippen molar-refractivity contribution in [3.8, 4) is 5.75 Å². The maximum Gasteiger partial charge on any atom is 0.524 e. The molecule has 5 N–H and O–H groups in total. The minimum atomic E-state index is -4.93. The molecule has 2 heterocycles. The molecule has 1 saturated heterocycles. The molecule has 10 atom stereocenters. The van der Waals surface area contributed by atoms with Crippen molar-refractivity contribution in [3.63, 3.8) is 0 Å². The first-order chi connectivity index (χ1) is 37.1. The van der Waals surface area contributed by atoms with Gasteiger partial charge in [-0.25, -0.2) is 13.9 Å². The number of phosphoric acid groups is 1. The summed E-state index contributed by atoms with van der Waals surface area (Å²) < 4.78 is 44.2. The van der Waals surface area contributed by atoms with E-state index in [1.807, 2.05) is 12.1 Å². The van der Waals surface area contributed by atoms with Gasteiger partial charge in [0.1, 0.15) is 5.75 Å². The summed E-state index contributed by atoms with van der Waals surface area (Å²) in [5.74, 6) is -1.13. The van der Waals surface area contributed by atoms with Gasteiger partial charge in [-0.3, -0.25) is 19.4 Å². The number of hydrogen-bond donors (Lipinski definition) is 5. The Morgan fingerprint density at radius 1 is 0.961 bits per heavy atom. The molecule has 9 rings (SSSR count). The quantitative estimate of drug-likeness (QED) is 0.0177. The number of fused-ring (bicyclic) bond motifs is 7. The molecule has 3 aromatic rings. The molecule has 4 saturated carbocycles. The number of ether oxygens (including phenoxy) is 4. The van der Waals surface area contributed by atoms with Crippen LogP contribution in [0.5, 0.6) is 5.75 Å². The van der Waals surface area contributed by atoms with Gasteiger partial charge in [-0.1, -0.05) is 94.0 Å². The first kappa shape index (κ1) is 57.0. The number of nitrogens with one attached hydrogen (secondary N) is 1. The predicted molar refractivity (Wildman–Crippen MR) is 289 cm³/mol. The minimum absolute atomic E-state index is 0.0150. The van der Waals surface area contributed by atoms with Crippen LogP contribution in [0.3, 0.4) is 0 Å². The number of esters is 1. The third-order valence-electron chi connectivity index (χ3n) is 18.0. The fraction of sp³-hybridized carbons (Fsp3) is 0.574. The molecular formula is C61H80N2O13P+. The van der Waals surface area contributed by atoms with Gasteiger partial charge in [-0.15, -0.1) is 0 Å². The third-order valence-corrected chi connectivity index (χ3v) is 18.4. The largest absolute Gasteiger partial charge is 0.524 e. The van der Waals surface area contributed by atoms with E-state index in [2.05, 4.69) is 43.4 Å². The molecule has 0 amide bonds. The van der Waals surface area contributed by atoms with Crippen molar-refractivity contribution in [2.75, 3.05) is 32.9 Å². The Kier molecular flexibility index (Phi) is 18.7. The first-order valence-corrected chi connectivity index (χ1v) is 29.8. The highest BCUT2D eigenvalue weighted by molar-refractivity contribution is 7.46. The molecule has 0 bridgehead atoms. The van der Waals surface area contributed by atoms with Crippen molar-refractivity contribution in [2.24, 2.45) is 34.5 Å². The van der Waals surface area contributed by atoms with Crippen LogP contribution in [0.1, 0.15) is 139 Å². The average Bonchev–Trinajstić information content (AvgIpc) is 4.16. The number of aliphatic hydroxyl groups excluding tert-OH is 2. The number of aromatic nitrogens is 1. The molecule has 15 nitrogen and oxygen atoms in total. The van der Waals surface area contributed by atoms with Gasteiger partial charge in [0.25, 0.3) is 0 Å². The Labute approximate surface area is 453 Å². The molecule has 16 heteroatoms. The molecule has 5 fully saturated rings. The van der Waals surface area contributed by atoms with Crippen molar-refractivity contribution in [1.29, 1.82) is 0 Å². The molecule has 0 radical (unpaired) electrons. The third kappa shape index (κ3) is 13.2. The summed E-state index contributed by atoms with van der Waals surface area (Å²) in [6.07, 6.45) is 23.7. The fourth-order valence-corrected chi connectivity index (χ4v) is 14.6. The Balaban J connectivity index is 0.785. The van der Waals surface area contributed by atoms with Gasteiger partial charge in [0, 0.05) is 60.1 Å². The van der Waals surface area contributed by atoms with Crippen LogP contribution < -0.4 is 14.4 Å². The van der Waals surface area contributed by atoms with Crippen LogP contribution in [-0.4, -0.2) is 94.5 Å². The van der Waals surface area contributed by atoms with E-state index in [0.29, 0.717) is 29.5 Å². The Bertz CT molecular complexity index is 2680. The van der Waals surface area contributed by atoms with Crippen LogP contribution >= 0.6 is 7.82 Å². The number of allylic oxidation sites excluding steroid dienone is 4. The average molecular weight is 1080 g/mol. The summed E-state index contributed by atoms with van der Waals surface area (Å²) >= 11 is 0. The number of carbonyl (C=O) groups excluding carboxylic acids is 3. The molecule has 1 aromatic heterocycles. The number of aliphatic hydroxyl groups is 2. The molecule has 1 aliphatic heterocycles. The van der Waals surface area contributed by atoms with E-state index in [9.17, 15) is 38.9 Å². The van der Waals surface area contributed by atoms with Crippen LogP contribution in [0, 0.1) is 34.5 Å². The highest BCUT2D eigenvalue weighted by Crippen LogP contribution is 2.70. The number of nitrogens with zero attached hydrogens (tertiary/aromatic N) is 1. The van der Waals surface area contributed by atoms with Crippen molar-refractivity contribution in [2.45, 2.75) is 153 Å². The number of hydrogen-bond acceptors (Lipinski definition) is 12. The molecular weight excluding hydrogens is 1000 g/mol. The number of benzene rings is 2. The zero-order valence-corrected chi connectivity index (χ0v) is 45.7. The van der Waals surface area contributed by atoms with Crippen LogP contribution in [0.4, 0.5) is 0 Å². The Morgan fingerprint density at radius 3 is 2.53 bits per heavy atom. The van der Waals surface area contributed by atoms with Gasteiger partial charge in [-0.05, 0) is 137 Å². The second-order valence-electron chi connectivity index (χ2n) is 23.0. The number of ketones is 2. The number of Topliss-reactive ketones (excluding diaryl/α,β-unsaturated/α-hetero) is 1. The summed E-state index contributed by atoms with van der Waals surface area (Å²) in [6.45, 7) is 6.31. The topological polar surface area (TPSA) is 211 Å². The van der Waals surface area contributed by atoms with Gasteiger partial charge in [0.2, 0.25) is 5.78 Å². The van der Waals surface area contributed by atoms with E-state index in [4.69, 9.17) is 23.5 Å². The van der Waals surface area contributed by atoms with E-state index in [1.165, 1.54) is 17.7 Å². The lowest BCUT2D eigenvalue weighted by Gasteiger charge is -2.59. The Morgan fingerprint density at radius 2 is 1.74 bits per heavy atom. The molecule has 2 aromatic carbocycles. The summed E-state index contributed by atoms with van der Waals surface area (Å²) in [4.78, 5) is 60.4. The van der Waals surface area contributed by atoms with E-state index < -0.39 is 61.4 Å². The number of pyridine rings is 1. The smallest absolute Gasteiger partial charge is 0.454 e. The lowest BCUT2D eigenvalue weighted by Crippen LogP contribution is -2.63. The SMILES string of the molecule is C[C@]12C=CC(=O)C=C1CC[C@@H]1[C@@H]2[C@@H](O)C[C@@]2(C)[C@H]1C[C@H]1O[C@@H](C3CCCCC3)O[C@]12C(=O)COC(=O)/C=C/c1ccc[n+](Cc2cc(C(O)CNCCCCCCOCCCCc3ccccc3)ccc2OP(=O)(O)O)c1. The van der Waals surface area contributed by atoms with Gasteiger partial charge in [-0.2, -0.15) is 0 Å². The molecule has 416 valence electrons. The molecule has 77 heavy (non-hydrogen) atoms. The minimum Gasteiger partial charge on any atom is -0.454 e. The second kappa shape index (κ2) is 25.2. The van der Waals surface area contributed by atoms with Crippen LogP contribution in [0.25, 0.3) is 6.08 Å². The lowest BCUT2D eigenvalue weighted by molar-refractivity contribution is -0.688.